The molecule has 4 nitrogen and oxygen atoms in total. The van der Waals surface area contributed by atoms with Gasteiger partial charge in [-0.2, -0.15) is 0 Å². The first-order valence-electron chi connectivity index (χ1n) is 11.5. The van der Waals surface area contributed by atoms with E-state index in [2.05, 4.69) is 45.9 Å². The van der Waals surface area contributed by atoms with Crippen molar-refractivity contribution < 1.29 is 19.1 Å². The molecule has 0 saturated heterocycles. The largest absolute Gasteiger partial charge is 0.465 e. The van der Waals surface area contributed by atoms with Crippen LogP contribution in [0.5, 0.6) is 0 Å². The van der Waals surface area contributed by atoms with E-state index in [0.717, 1.165) is 34.7 Å². The molecule has 1 atom stereocenters. The molecule has 0 heterocycles. The average Bonchev–Trinajstić information content (AvgIpc) is 2.79. The van der Waals surface area contributed by atoms with E-state index in [1.807, 2.05) is 30.3 Å². The van der Waals surface area contributed by atoms with Gasteiger partial charge >= 0.3 is 11.9 Å². The van der Waals surface area contributed by atoms with Crippen LogP contribution in [0.1, 0.15) is 86.2 Å². The number of ether oxygens (including phenoxy) is 2. The van der Waals surface area contributed by atoms with Crippen LogP contribution in [-0.4, -0.2) is 19.0 Å². The molecular formula is C29H32O4. The van der Waals surface area contributed by atoms with E-state index in [4.69, 9.17) is 9.47 Å². The maximum absolute atomic E-state index is 12.1. The first-order valence-corrected chi connectivity index (χ1v) is 11.5. The van der Waals surface area contributed by atoms with Crippen molar-refractivity contribution in [3.05, 3.63) is 82.4 Å². The summed E-state index contributed by atoms with van der Waals surface area (Å²) in [5.74, 6) is -0.684. The molecule has 0 unspecified atom stereocenters. The number of rotatable bonds is 4. The summed E-state index contributed by atoms with van der Waals surface area (Å²) in [6.07, 6.45) is 1.77. The Morgan fingerprint density at radius 1 is 0.788 bits per heavy atom. The molecule has 0 bridgehead atoms. The Kier molecular flexibility index (Phi) is 5.81. The van der Waals surface area contributed by atoms with Crippen LogP contribution in [0, 0.1) is 0 Å². The molecule has 3 aromatic carbocycles. The number of benzene rings is 3. The molecular weight excluding hydrogens is 412 g/mol. The number of methoxy groups -OCH3 is 1. The Balaban J connectivity index is 1.80. The highest BCUT2D eigenvalue weighted by molar-refractivity contribution is 5.95. The Labute approximate surface area is 195 Å². The summed E-state index contributed by atoms with van der Waals surface area (Å²) in [5, 5.41) is 1.90. The van der Waals surface area contributed by atoms with Crippen molar-refractivity contribution in [3.63, 3.8) is 0 Å². The molecule has 4 heteroatoms. The van der Waals surface area contributed by atoms with Gasteiger partial charge in [-0.1, -0.05) is 64.1 Å². The SMILES string of the molecule is COC(=O)c1ccc2cc([C@@H](OC(C)=O)c3ccc4c(c3)C(C)(C)CCC4(C)C)ccc2c1. The van der Waals surface area contributed by atoms with E-state index >= 15 is 0 Å². The third-order valence-electron chi connectivity index (χ3n) is 7.05. The van der Waals surface area contributed by atoms with E-state index in [1.54, 1.807) is 6.07 Å². The van der Waals surface area contributed by atoms with E-state index in [-0.39, 0.29) is 22.8 Å². The predicted molar refractivity (Wildman–Crippen MR) is 131 cm³/mol. The average molecular weight is 445 g/mol. The van der Waals surface area contributed by atoms with Crippen LogP contribution in [0.4, 0.5) is 0 Å². The van der Waals surface area contributed by atoms with Crippen molar-refractivity contribution in [3.8, 4) is 0 Å². The van der Waals surface area contributed by atoms with Crippen LogP contribution in [0.3, 0.4) is 0 Å². The molecule has 4 rings (SSSR count). The van der Waals surface area contributed by atoms with Crippen LogP contribution >= 0.6 is 0 Å². The molecule has 0 spiro atoms. The first kappa shape index (κ1) is 23.0. The molecule has 0 N–H and O–H groups in total. The lowest BCUT2D eigenvalue weighted by molar-refractivity contribution is -0.144. The fourth-order valence-corrected chi connectivity index (χ4v) is 4.94. The Hall–Kier alpha value is -3.14. The number of hydrogen-bond acceptors (Lipinski definition) is 4. The minimum atomic E-state index is -0.502. The van der Waals surface area contributed by atoms with Crippen LogP contribution in [0.25, 0.3) is 10.8 Å². The molecule has 1 aliphatic carbocycles. The molecule has 0 saturated carbocycles. The van der Waals surface area contributed by atoms with Gasteiger partial charge in [-0.25, -0.2) is 4.79 Å². The van der Waals surface area contributed by atoms with Crippen LogP contribution in [0.15, 0.2) is 54.6 Å². The third kappa shape index (κ3) is 4.39. The lowest BCUT2D eigenvalue weighted by Crippen LogP contribution is -2.34. The van der Waals surface area contributed by atoms with Gasteiger partial charge in [0.25, 0.3) is 0 Å². The van der Waals surface area contributed by atoms with Gasteiger partial charge in [-0.05, 0) is 74.9 Å². The fraction of sp³-hybridized carbons (Fsp3) is 0.379. The summed E-state index contributed by atoms with van der Waals surface area (Å²) in [5.41, 5.74) is 5.27. The summed E-state index contributed by atoms with van der Waals surface area (Å²) in [7, 11) is 1.38. The number of carbonyl (C=O) groups is 2. The van der Waals surface area contributed by atoms with Crippen molar-refractivity contribution in [1.29, 1.82) is 0 Å². The number of fused-ring (bicyclic) bond motifs is 2. The third-order valence-corrected chi connectivity index (χ3v) is 7.05. The second kappa shape index (κ2) is 8.33. The van der Waals surface area contributed by atoms with E-state index in [9.17, 15) is 9.59 Å². The van der Waals surface area contributed by atoms with Crippen molar-refractivity contribution in [2.24, 2.45) is 0 Å². The van der Waals surface area contributed by atoms with E-state index in [1.165, 1.54) is 25.2 Å². The van der Waals surface area contributed by atoms with Gasteiger partial charge in [0.05, 0.1) is 12.7 Å². The quantitative estimate of drug-likeness (QED) is 0.424. The fourth-order valence-electron chi connectivity index (χ4n) is 4.94. The lowest BCUT2D eigenvalue weighted by atomic mass is 9.63. The highest BCUT2D eigenvalue weighted by atomic mass is 16.5. The van der Waals surface area contributed by atoms with Crippen LogP contribution in [0.2, 0.25) is 0 Å². The van der Waals surface area contributed by atoms with Crippen molar-refractivity contribution >= 4 is 22.7 Å². The minimum absolute atomic E-state index is 0.0648. The van der Waals surface area contributed by atoms with Crippen LogP contribution in [-0.2, 0) is 25.1 Å². The minimum Gasteiger partial charge on any atom is -0.465 e. The predicted octanol–water partition coefficient (Wildman–Crippen LogP) is 6.63. The molecule has 3 aromatic rings. The Morgan fingerprint density at radius 2 is 1.36 bits per heavy atom. The van der Waals surface area contributed by atoms with Crippen molar-refractivity contribution in [2.45, 2.75) is 64.4 Å². The second-order valence-electron chi connectivity index (χ2n) is 10.4. The topological polar surface area (TPSA) is 52.6 Å². The summed E-state index contributed by atoms with van der Waals surface area (Å²) in [6, 6.07) is 18.0. The molecule has 0 aliphatic heterocycles. The zero-order valence-corrected chi connectivity index (χ0v) is 20.3. The van der Waals surface area contributed by atoms with Gasteiger partial charge in [0.15, 0.2) is 6.10 Å². The Bertz CT molecular complexity index is 1240. The zero-order chi connectivity index (χ0) is 24.0. The second-order valence-corrected chi connectivity index (χ2v) is 10.4. The standard InChI is InChI=1S/C29H32O4/c1-18(30)33-26(21-9-7-20-16-23(27(31)32-6)10-8-19(20)15-21)22-11-12-24-25(17-22)29(4,5)14-13-28(24,2)3/h7-12,15-17,26H,13-14H2,1-6H3/t26-/m1/s1. The summed E-state index contributed by atoms with van der Waals surface area (Å²) < 4.78 is 10.7. The molecule has 0 aromatic heterocycles. The van der Waals surface area contributed by atoms with Gasteiger partial charge < -0.3 is 9.47 Å². The smallest absolute Gasteiger partial charge is 0.337 e. The highest BCUT2D eigenvalue weighted by Crippen LogP contribution is 2.47. The maximum atomic E-state index is 12.1. The van der Waals surface area contributed by atoms with Gasteiger partial charge in [0, 0.05) is 6.92 Å². The molecule has 172 valence electrons. The molecule has 33 heavy (non-hydrogen) atoms. The molecule has 0 fully saturated rings. The van der Waals surface area contributed by atoms with Gasteiger partial charge in [-0.3, -0.25) is 4.79 Å². The number of carbonyl (C=O) groups excluding carboxylic acids is 2. The molecule has 1 aliphatic rings. The zero-order valence-electron chi connectivity index (χ0n) is 20.3. The lowest BCUT2D eigenvalue weighted by Gasteiger charge is -2.42. The van der Waals surface area contributed by atoms with Crippen LogP contribution < -0.4 is 0 Å². The van der Waals surface area contributed by atoms with Crippen molar-refractivity contribution in [1.82, 2.24) is 0 Å². The molecule has 0 radical (unpaired) electrons. The van der Waals surface area contributed by atoms with E-state index < -0.39 is 6.10 Å². The van der Waals surface area contributed by atoms with Crippen molar-refractivity contribution in [2.75, 3.05) is 7.11 Å². The van der Waals surface area contributed by atoms with E-state index in [0.29, 0.717) is 5.56 Å². The Morgan fingerprint density at radius 3 is 2.03 bits per heavy atom. The molecule has 0 amide bonds. The normalized spacial score (nSPS) is 17.2. The number of hydrogen-bond donors (Lipinski definition) is 0. The highest BCUT2D eigenvalue weighted by Gasteiger charge is 2.37. The van der Waals surface area contributed by atoms with Gasteiger partial charge in [0.2, 0.25) is 0 Å². The monoisotopic (exact) mass is 444 g/mol. The summed E-state index contributed by atoms with van der Waals surface area (Å²) in [6.45, 7) is 10.6. The van der Waals surface area contributed by atoms with Gasteiger partial charge in [-0.15, -0.1) is 0 Å². The maximum Gasteiger partial charge on any atom is 0.337 e. The summed E-state index contributed by atoms with van der Waals surface area (Å²) in [4.78, 5) is 23.9. The number of esters is 2. The first-order chi connectivity index (χ1) is 15.5. The van der Waals surface area contributed by atoms with Gasteiger partial charge in [0.1, 0.15) is 0 Å². The summed E-state index contributed by atoms with van der Waals surface area (Å²) >= 11 is 0.